The number of carbonyl (C=O) groups is 1. The summed E-state index contributed by atoms with van der Waals surface area (Å²) in [7, 11) is 0. The van der Waals surface area contributed by atoms with Crippen LogP contribution in [0.25, 0.3) is 11.0 Å². The lowest BCUT2D eigenvalue weighted by Gasteiger charge is -2.27. The molecule has 1 aromatic heterocycles. The molecule has 2 heterocycles. The number of fused-ring (bicyclic) bond motifs is 1. The molecule has 25 heavy (non-hydrogen) atoms. The van der Waals surface area contributed by atoms with Gasteiger partial charge in [0.05, 0.1) is 12.1 Å². The van der Waals surface area contributed by atoms with Crippen molar-refractivity contribution in [3.8, 4) is 0 Å². The Bertz CT molecular complexity index is 721. The fraction of sp³-hybridized carbons (Fsp3) is 0.632. The van der Waals surface area contributed by atoms with E-state index in [1.807, 2.05) is 33.8 Å². The summed E-state index contributed by atoms with van der Waals surface area (Å²) in [5.41, 5.74) is 1.88. The second-order valence-electron chi connectivity index (χ2n) is 7.26. The first-order valence-corrected chi connectivity index (χ1v) is 9.61. The highest BCUT2D eigenvalue weighted by atomic mass is 16.2. The summed E-state index contributed by atoms with van der Waals surface area (Å²) in [5.74, 6) is 0.243. The third-order valence-electron chi connectivity index (χ3n) is 5.68. The minimum atomic E-state index is 0.243. The number of rotatable bonds is 4. The van der Waals surface area contributed by atoms with Gasteiger partial charge in [0.1, 0.15) is 5.52 Å². The first-order valence-electron chi connectivity index (χ1n) is 9.61. The summed E-state index contributed by atoms with van der Waals surface area (Å²) in [6.45, 7) is 4.53. The lowest BCUT2D eigenvalue weighted by Crippen LogP contribution is -2.38. The predicted octanol–water partition coefficient (Wildman–Crippen LogP) is 2.30. The molecule has 6 nitrogen and oxygen atoms in total. The van der Waals surface area contributed by atoms with E-state index in [0.717, 1.165) is 49.7 Å². The summed E-state index contributed by atoms with van der Waals surface area (Å²) in [6, 6.07) is 8.66. The van der Waals surface area contributed by atoms with E-state index in [0.29, 0.717) is 13.0 Å². The number of amides is 1. The summed E-state index contributed by atoms with van der Waals surface area (Å²) in [5, 5.41) is 8.34. The van der Waals surface area contributed by atoms with E-state index in [4.69, 9.17) is 0 Å². The van der Waals surface area contributed by atoms with Gasteiger partial charge >= 0.3 is 0 Å². The van der Waals surface area contributed by atoms with E-state index in [2.05, 4.69) is 15.2 Å². The molecular weight excluding hydrogens is 314 g/mol. The highest BCUT2D eigenvalue weighted by molar-refractivity contribution is 5.77. The van der Waals surface area contributed by atoms with Crippen LogP contribution in [-0.2, 0) is 11.3 Å². The van der Waals surface area contributed by atoms with E-state index < -0.39 is 0 Å². The molecule has 1 aromatic carbocycles. The molecule has 0 bridgehead atoms. The molecule has 4 rings (SSSR count). The van der Waals surface area contributed by atoms with Crippen LogP contribution in [0.2, 0.25) is 0 Å². The SMILES string of the molecule is O=C(CCn1nnc2ccccc21)N1CCCN(C2CCCC2)CC1. The first-order chi connectivity index (χ1) is 12.3. The van der Waals surface area contributed by atoms with Gasteiger partial charge in [0, 0.05) is 38.6 Å². The standard InChI is InChI=1S/C19H27N5O/c25-19(10-13-24-18-9-4-3-8-17(18)20-21-24)23-12-5-11-22(14-15-23)16-6-1-2-7-16/h3-4,8-9,16H,1-2,5-7,10-15H2. The Labute approximate surface area is 148 Å². The number of carbonyl (C=O) groups excluding carboxylic acids is 1. The monoisotopic (exact) mass is 341 g/mol. The Kier molecular flexibility index (Phi) is 4.97. The maximum absolute atomic E-state index is 12.7. The van der Waals surface area contributed by atoms with Crippen molar-refractivity contribution >= 4 is 16.9 Å². The molecule has 1 aliphatic heterocycles. The lowest BCUT2D eigenvalue weighted by molar-refractivity contribution is -0.131. The van der Waals surface area contributed by atoms with Crippen LogP contribution >= 0.6 is 0 Å². The molecule has 2 aromatic rings. The average molecular weight is 341 g/mol. The zero-order chi connectivity index (χ0) is 17.1. The van der Waals surface area contributed by atoms with Crippen LogP contribution in [0.4, 0.5) is 0 Å². The largest absolute Gasteiger partial charge is 0.341 e. The Hall–Kier alpha value is -1.95. The summed E-state index contributed by atoms with van der Waals surface area (Å²) in [6.07, 6.45) is 7.01. The van der Waals surface area contributed by atoms with Gasteiger partial charge in [-0.3, -0.25) is 9.69 Å². The molecule has 1 saturated heterocycles. The van der Waals surface area contributed by atoms with E-state index in [1.165, 1.54) is 25.7 Å². The van der Waals surface area contributed by atoms with Gasteiger partial charge in [-0.1, -0.05) is 30.2 Å². The number of para-hydroxylation sites is 1. The molecule has 6 heteroatoms. The van der Waals surface area contributed by atoms with Crippen molar-refractivity contribution in [3.63, 3.8) is 0 Å². The Balaban J connectivity index is 1.32. The Morgan fingerprint density at radius 2 is 1.88 bits per heavy atom. The van der Waals surface area contributed by atoms with Crippen molar-refractivity contribution in [1.82, 2.24) is 24.8 Å². The molecule has 1 amide bonds. The number of hydrogen-bond donors (Lipinski definition) is 0. The molecule has 1 aliphatic carbocycles. The van der Waals surface area contributed by atoms with Crippen LogP contribution in [0.3, 0.4) is 0 Å². The maximum atomic E-state index is 12.7. The van der Waals surface area contributed by atoms with Crippen molar-refractivity contribution in [3.05, 3.63) is 24.3 Å². The van der Waals surface area contributed by atoms with Crippen molar-refractivity contribution in [1.29, 1.82) is 0 Å². The summed E-state index contributed by atoms with van der Waals surface area (Å²) >= 11 is 0. The fourth-order valence-corrected chi connectivity index (χ4v) is 4.26. The minimum absolute atomic E-state index is 0.243. The van der Waals surface area contributed by atoms with Gasteiger partial charge in [-0.25, -0.2) is 4.68 Å². The number of aromatic nitrogens is 3. The fourth-order valence-electron chi connectivity index (χ4n) is 4.26. The molecule has 0 N–H and O–H groups in total. The third kappa shape index (κ3) is 3.68. The number of hydrogen-bond acceptors (Lipinski definition) is 4. The number of benzene rings is 1. The van der Waals surface area contributed by atoms with Crippen LogP contribution in [0, 0.1) is 0 Å². The molecule has 1 saturated carbocycles. The number of aryl methyl sites for hydroxylation is 1. The van der Waals surface area contributed by atoms with Gasteiger partial charge in [0.15, 0.2) is 0 Å². The van der Waals surface area contributed by atoms with Gasteiger partial charge in [0.2, 0.25) is 5.91 Å². The Morgan fingerprint density at radius 1 is 1.04 bits per heavy atom. The second-order valence-corrected chi connectivity index (χ2v) is 7.26. The average Bonchev–Trinajstić information content (AvgIpc) is 3.25. The van der Waals surface area contributed by atoms with Gasteiger partial charge < -0.3 is 4.90 Å². The normalized spacial score (nSPS) is 20.2. The van der Waals surface area contributed by atoms with Crippen LogP contribution in [0.1, 0.15) is 38.5 Å². The zero-order valence-electron chi connectivity index (χ0n) is 14.8. The van der Waals surface area contributed by atoms with Crippen LogP contribution in [0.5, 0.6) is 0 Å². The van der Waals surface area contributed by atoms with Crippen LogP contribution in [0.15, 0.2) is 24.3 Å². The predicted molar refractivity (Wildman–Crippen MR) is 97.2 cm³/mol. The lowest BCUT2D eigenvalue weighted by atomic mass is 10.2. The van der Waals surface area contributed by atoms with Crippen LogP contribution < -0.4 is 0 Å². The molecule has 0 radical (unpaired) electrons. The molecule has 2 fully saturated rings. The summed E-state index contributed by atoms with van der Waals surface area (Å²) in [4.78, 5) is 17.3. The zero-order valence-corrected chi connectivity index (χ0v) is 14.8. The maximum Gasteiger partial charge on any atom is 0.224 e. The van der Waals surface area contributed by atoms with Crippen molar-refractivity contribution < 1.29 is 4.79 Å². The van der Waals surface area contributed by atoms with Crippen molar-refractivity contribution in [2.24, 2.45) is 0 Å². The molecule has 2 aliphatic rings. The third-order valence-corrected chi connectivity index (χ3v) is 5.68. The Morgan fingerprint density at radius 3 is 2.76 bits per heavy atom. The van der Waals surface area contributed by atoms with Crippen molar-refractivity contribution in [2.75, 3.05) is 26.2 Å². The van der Waals surface area contributed by atoms with Crippen molar-refractivity contribution in [2.45, 2.75) is 51.1 Å². The van der Waals surface area contributed by atoms with E-state index >= 15 is 0 Å². The number of nitrogens with zero attached hydrogens (tertiary/aromatic N) is 5. The molecule has 0 spiro atoms. The van der Waals surface area contributed by atoms with Gasteiger partial charge in [-0.05, 0) is 31.4 Å². The first kappa shape index (κ1) is 16.5. The van der Waals surface area contributed by atoms with E-state index in [-0.39, 0.29) is 5.91 Å². The minimum Gasteiger partial charge on any atom is -0.341 e. The smallest absolute Gasteiger partial charge is 0.224 e. The molecule has 0 unspecified atom stereocenters. The molecule has 134 valence electrons. The molecule has 0 atom stereocenters. The van der Waals surface area contributed by atoms with Gasteiger partial charge in [0.25, 0.3) is 0 Å². The topological polar surface area (TPSA) is 54.3 Å². The van der Waals surface area contributed by atoms with E-state index in [1.54, 1.807) is 0 Å². The summed E-state index contributed by atoms with van der Waals surface area (Å²) < 4.78 is 1.84. The van der Waals surface area contributed by atoms with Gasteiger partial charge in [-0.15, -0.1) is 5.10 Å². The highest BCUT2D eigenvalue weighted by Gasteiger charge is 2.26. The highest BCUT2D eigenvalue weighted by Crippen LogP contribution is 2.24. The van der Waals surface area contributed by atoms with Gasteiger partial charge in [-0.2, -0.15) is 0 Å². The van der Waals surface area contributed by atoms with E-state index in [9.17, 15) is 4.79 Å². The second kappa shape index (κ2) is 7.52. The van der Waals surface area contributed by atoms with Crippen LogP contribution in [-0.4, -0.2) is 62.9 Å². The molecular formula is C19H27N5O. The quantitative estimate of drug-likeness (QED) is 0.856.